The number of hydrogen-bond acceptors (Lipinski definition) is 8. The summed E-state index contributed by atoms with van der Waals surface area (Å²) in [4.78, 5) is 34.6. The standard InChI is InChI=1S/C14H22N6O4.CH2O2/c21-12-1-4-19(13(22)8-20-9-15-17-18-20)7-11(12)16-14(23)10-2-5-24-6-3-10;2-1-3/h9-12,21H,1-8H2,(H,16,23);1H,(H,2,3)/t11-,12-;/m1./s1. The first-order valence-corrected chi connectivity index (χ1v) is 8.67. The first-order chi connectivity index (χ1) is 13.0. The van der Waals surface area contributed by atoms with Crippen LogP contribution in [0.4, 0.5) is 0 Å². The Morgan fingerprint density at radius 3 is 2.63 bits per heavy atom. The molecule has 0 radical (unpaired) electrons. The molecule has 0 aliphatic carbocycles. The number of nitrogens with one attached hydrogen (secondary N) is 1. The van der Waals surface area contributed by atoms with E-state index in [0.29, 0.717) is 39.0 Å². The Hall–Kier alpha value is -2.60. The number of hydrogen-bond donors (Lipinski definition) is 3. The van der Waals surface area contributed by atoms with Crippen LogP contribution in [0, 0.1) is 5.92 Å². The Kier molecular flexibility index (Phi) is 8.07. The topological polar surface area (TPSA) is 160 Å². The number of likely N-dealkylation sites (tertiary alicyclic amines) is 1. The fourth-order valence-electron chi connectivity index (χ4n) is 3.06. The molecule has 12 nitrogen and oxygen atoms in total. The van der Waals surface area contributed by atoms with Gasteiger partial charge in [-0.25, -0.2) is 4.68 Å². The van der Waals surface area contributed by atoms with E-state index in [-0.39, 0.29) is 37.3 Å². The van der Waals surface area contributed by atoms with E-state index < -0.39 is 12.1 Å². The van der Waals surface area contributed by atoms with E-state index in [4.69, 9.17) is 14.6 Å². The molecule has 0 aromatic carbocycles. The average molecular weight is 384 g/mol. The van der Waals surface area contributed by atoms with Crippen molar-refractivity contribution in [2.45, 2.75) is 38.0 Å². The van der Waals surface area contributed by atoms with Crippen LogP contribution in [0.5, 0.6) is 0 Å². The van der Waals surface area contributed by atoms with E-state index in [1.54, 1.807) is 4.90 Å². The molecular formula is C15H24N6O6. The molecule has 150 valence electrons. The summed E-state index contributed by atoms with van der Waals surface area (Å²) < 4.78 is 6.61. The van der Waals surface area contributed by atoms with Crippen molar-refractivity contribution in [3.8, 4) is 0 Å². The Labute approximate surface area is 155 Å². The van der Waals surface area contributed by atoms with Gasteiger partial charge in [-0.3, -0.25) is 14.4 Å². The van der Waals surface area contributed by atoms with Gasteiger partial charge in [0.1, 0.15) is 12.9 Å². The quantitative estimate of drug-likeness (QED) is 0.493. The van der Waals surface area contributed by atoms with E-state index in [1.165, 1.54) is 11.0 Å². The number of carboxylic acid groups (broad SMARTS) is 1. The lowest BCUT2D eigenvalue weighted by Crippen LogP contribution is -2.57. The number of tetrazole rings is 1. The number of carbonyl (C=O) groups excluding carboxylic acids is 2. The van der Waals surface area contributed by atoms with Crippen molar-refractivity contribution in [3.05, 3.63) is 6.33 Å². The van der Waals surface area contributed by atoms with Crippen molar-refractivity contribution in [1.29, 1.82) is 0 Å². The minimum atomic E-state index is -0.647. The number of aromatic nitrogens is 4. The van der Waals surface area contributed by atoms with E-state index in [1.807, 2.05) is 0 Å². The highest BCUT2D eigenvalue weighted by Crippen LogP contribution is 2.17. The maximum atomic E-state index is 12.3. The normalized spacial score (nSPS) is 23.1. The van der Waals surface area contributed by atoms with Crippen LogP contribution in [0.15, 0.2) is 6.33 Å². The van der Waals surface area contributed by atoms with Crippen LogP contribution in [0.25, 0.3) is 0 Å². The van der Waals surface area contributed by atoms with Crippen molar-refractivity contribution < 1.29 is 29.3 Å². The van der Waals surface area contributed by atoms with Gasteiger partial charge in [0, 0.05) is 32.2 Å². The molecule has 0 spiro atoms. The van der Waals surface area contributed by atoms with Crippen LogP contribution in [0.2, 0.25) is 0 Å². The van der Waals surface area contributed by atoms with E-state index >= 15 is 0 Å². The molecular weight excluding hydrogens is 360 g/mol. The second-order valence-corrected chi connectivity index (χ2v) is 6.31. The Balaban J connectivity index is 0.000000817. The molecule has 0 unspecified atom stereocenters. The summed E-state index contributed by atoms with van der Waals surface area (Å²) in [7, 11) is 0. The van der Waals surface area contributed by atoms with Gasteiger partial charge < -0.3 is 25.2 Å². The summed E-state index contributed by atoms with van der Waals surface area (Å²) in [5, 5.41) is 30.6. The summed E-state index contributed by atoms with van der Waals surface area (Å²) in [5.74, 6) is -0.296. The number of nitrogens with zero attached hydrogens (tertiary/aromatic N) is 5. The van der Waals surface area contributed by atoms with Crippen LogP contribution >= 0.6 is 0 Å². The predicted molar refractivity (Wildman–Crippen MR) is 89.2 cm³/mol. The van der Waals surface area contributed by atoms with E-state index in [2.05, 4.69) is 20.8 Å². The van der Waals surface area contributed by atoms with Crippen LogP contribution in [-0.2, 0) is 25.7 Å². The SMILES string of the molecule is O=C(N[C@@H]1CN(C(=O)Cn2cnnn2)CC[C@H]1O)C1CCOCC1.O=CO. The Morgan fingerprint density at radius 1 is 1.30 bits per heavy atom. The lowest BCUT2D eigenvalue weighted by molar-refractivity contribution is -0.137. The first-order valence-electron chi connectivity index (χ1n) is 8.67. The molecule has 12 heteroatoms. The molecule has 2 atom stereocenters. The minimum Gasteiger partial charge on any atom is -0.483 e. The van der Waals surface area contributed by atoms with Gasteiger partial charge in [-0.1, -0.05) is 0 Å². The average Bonchev–Trinajstić information content (AvgIpc) is 3.18. The zero-order valence-corrected chi connectivity index (χ0v) is 14.8. The van der Waals surface area contributed by atoms with Crippen molar-refractivity contribution in [1.82, 2.24) is 30.4 Å². The molecule has 3 N–H and O–H groups in total. The zero-order valence-electron chi connectivity index (χ0n) is 14.8. The molecule has 2 saturated heterocycles. The fourth-order valence-corrected chi connectivity index (χ4v) is 3.06. The Morgan fingerprint density at radius 2 is 2.00 bits per heavy atom. The van der Waals surface area contributed by atoms with Gasteiger partial charge in [0.25, 0.3) is 6.47 Å². The minimum absolute atomic E-state index is 0.0454. The van der Waals surface area contributed by atoms with Crippen molar-refractivity contribution >= 4 is 18.3 Å². The summed E-state index contributed by atoms with van der Waals surface area (Å²) in [5.41, 5.74) is 0. The molecule has 3 heterocycles. The largest absolute Gasteiger partial charge is 0.483 e. The highest BCUT2D eigenvalue weighted by molar-refractivity contribution is 5.79. The summed E-state index contributed by atoms with van der Waals surface area (Å²) in [6.45, 7) is 1.70. The lowest BCUT2D eigenvalue weighted by Gasteiger charge is -2.37. The fraction of sp³-hybridized carbons (Fsp3) is 0.733. The van der Waals surface area contributed by atoms with Crippen molar-refractivity contribution in [3.63, 3.8) is 0 Å². The molecule has 2 aliphatic heterocycles. The number of rotatable bonds is 4. The molecule has 0 bridgehead atoms. The number of aliphatic hydroxyl groups excluding tert-OH is 1. The third-order valence-corrected chi connectivity index (χ3v) is 4.54. The molecule has 2 fully saturated rings. The van der Waals surface area contributed by atoms with Crippen LogP contribution < -0.4 is 5.32 Å². The van der Waals surface area contributed by atoms with Gasteiger partial charge in [0.2, 0.25) is 11.8 Å². The molecule has 1 aromatic heterocycles. The monoisotopic (exact) mass is 384 g/mol. The second kappa shape index (κ2) is 10.5. The molecule has 2 amide bonds. The van der Waals surface area contributed by atoms with Gasteiger partial charge in [-0.2, -0.15) is 0 Å². The van der Waals surface area contributed by atoms with Crippen LogP contribution in [-0.4, -0.2) is 92.1 Å². The first kappa shape index (κ1) is 20.7. The maximum absolute atomic E-state index is 12.3. The summed E-state index contributed by atoms with van der Waals surface area (Å²) >= 11 is 0. The van der Waals surface area contributed by atoms with Gasteiger partial charge in [0.15, 0.2) is 0 Å². The third-order valence-electron chi connectivity index (χ3n) is 4.54. The zero-order chi connectivity index (χ0) is 19.6. The third kappa shape index (κ3) is 6.25. The lowest BCUT2D eigenvalue weighted by atomic mass is 9.97. The van der Waals surface area contributed by atoms with Gasteiger partial charge in [-0.15, -0.1) is 5.10 Å². The predicted octanol–water partition coefficient (Wildman–Crippen LogP) is -2.12. The number of aliphatic hydroxyl groups is 1. The van der Waals surface area contributed by atoms with Gasteiger partial charge >= 0.3 is 0 Å². The number of piperidine rings is 1. The molecule has 27 heavy (non-hydrogen) atoms. The van der Waals surface area contributed by atoms with E-state index in [0.717, 1.165) is 0 Å². The van der Waals surface area contributed by atoms with Gasteiger partial charge in [0.05, 0.1) is 12.1 Å². The highest BCUT2D eigenvalue weighted by atomic mass is 16.5. The van der Waals surface area contributed by atoms with Crippen molar-refractivity contribution in [2.24, 2.45) is 5.92 Å². The van der Waals surface area contributed by atoms with Gasteiger partial charge in [-0.05, 0) is 29.7 Å². The molecule has 0 saturated carbocycles. The van der Waals surface area contributed by atoms with Crippen molar-refractivity contribution in [2.75, 3.05) is 26.3 Å². The maximum Gasteiger partial charge on any atom is 0.290 e. The smallest absolute Gasteiger partial charge is 0.290 e. The number of ether oxygens (including phenoxy) is 1. The van der Waals surface area contributed by atoms with E-state index in [9.17, 15) is 14.7 Å². The molecule has 3 rings (SSSR count). The molecule has 1 aromatic rings. The number of amides is 2. The van der Waals surface area contributed by atoms with Crippen LogP contribution in [0.3, 0.4) is 0 Å². The number of carbonyl (C=O) groups is 3. The van der Waals surface area contributed by atoms with Crippen LogP contribution in [0.1, 0.15) is 19.3 Å². The highest BCUT2D eigenvalue weighted by Gasteiger charge is 2.33. The second-order valence-electron chi connectivity index (χ2n) is 6.31. The summed E-state index contributed by atoms with van der Waals surface area (Å²) in [6.07, 6.45) is 2.54. The molecule has 2 aliphatic rings. The Bertz CT molecular complexity index is 606. The summed E-state index contributed by atoms with van der Waals surface area (Å²) in [6, 6.07) is -0.452.